The number of carbonyl (C=O) groups is 1. The van der Waals surface area contributed by atoms with Crippen LogP contribution in [0.3, 0.4) is 0 Å². The monoisotopic (exact) mass is 353 g/mol. The molecular formula is C19H23N5O2. The minimum Gasteiger partial charge on any atom is -0.348 e. The lowest BCUT2D eigenvalue weighted by atomic mass is 10.1. The van der Waals surface area contributed by atoms with E-state index < -0.39 is 0 Å². The molecule has 0 fully saturated rings. The molecule has 0 aliphatic rings. The highest BCUT2D eigenvalue weighted by molar-refractivity contribution is 5.78. The van der Waals surface area contributed by atoms with E-state index in [1.807, 2.05) is 52.0 Å². The molecule has 3 rings (SSSR count). The lowest BCUT2D eigenvalue weighted by molar-refractivity contribution is -0.122. The quantitative estimate of drug-likeness (QED) is 0.763. The summed E-state index contributed by atoms with van der Waals surface area (Å²) in [5.74, 6) is -0.261. The number of carbonyl (C=O) groups excluding carboxylic acids is 1. The molecular weight excluding hydrogens is 330 g/mol. The molecule has 0 spiro atoms. The van der Waals surface area contributed by atoms with E-state index in [1.165, 1.54) is 16.4 Å². The molecule has 1 N–H and O–H groups in total. The summed E-state index contributed by atoms with van der Waals surface area (Å²) in [6, 6.07) is 7.96. The maximum absolute atomic E-state index is 12.6. The highest BCUT2D eigenvalue weighted by Crippen LogP contribution is 2.14. The summed E-state index contributed by atoms with van der Waals surface area (Å²) in [5, 5.41) is 11.7. The Labute approximate surface area is 151 Å². The Balaban J connectivity index is 1.76. The third-order valence-corrected chi connectivity index (χ3v) is 4.36. The Morgan fingerprint density at radius 2 is 1.81 bits per heavy atom. The third-order valence-electron chi connectivity index (χ3n) is 4.36. The largest absolute Gasteiger partial charge is 0.348 e. The first kappa shape index (κ1) is 17.8. The number of hydrogen-bond acceptors (Lipinski definition) is 4. The Morgan fingerprint density at radius 1 is 1.12 bits per heavy atom. The van der Waals surface area contributed by atoms with Crippen LogP contribution < -0.4 is 10.9 Å². The van der Waals surface area contributed by atoms with Crippen molar-refractivity contribution in [1.29, 1.82) is 0 Å². The van der Waals surface area contributed by atoms with Crippen molar-refractivity contribution in [3.63, 3.8) is 0 Å². The first-order valence-electron chi connectivity index (χ1n) is 8.66. The van der Waals surface area contributed by atoms with Gasteiger partial charge < -0.3 is 5.32 Å². The standard InChI is InChI=1S/C19H23N5O2/c1-12(2)24-17-10-20-23(19(26)16(17)9-21-24)11-18(25)22-14(4)15-7-5-13(3)6-8-15/h5-10,12,14H,11H2,1-4H3,(H,22,25)/t14-/m0/s1. The van der Waals surface area contributed by atoms with Gasteiger partial charge in [-0.25, -0.2) is 4.68 Å². The van der Waals surface area contributed by atoms with Gasteiger partial charge >= 0.3 is 0 Å². The van der Waals surface area contributed by atoms with Gasteiger partial charge in [0.1, 0.15) is 6.54 Å². The second kappa shape index (κ2) is 7.11. The first-order valence-corrected chi connectivity index (χ1v) is 8.66. The Kier molecular flexibility index (Phi) is 4.88. The van der Waals surface area contributed by atoms with Crippen LogP contribution in [-0.4, -0.2) is 25.5 Å². The van der Waals surface area contributed by atoms with Crippen molar-refractivity contribution in [1.82, 2.24) is 24.9 Å². The smallest absolute Gasteiger partial charge is 0.278 e. The van der Waals surface area contributed by atoms with E-state index >= 15 is 0 Å². The second-order valence-electron chi connectivity index (χ2n) is 6.79. The summed E-state index contributed by atoms with van der Waals surface area (Å²) in [4.78, 5) is 24.9. The molecule has 0 bridgehead atoms. The van der Waals surface area contributed by atoms with Gasteiger partial charge in [0.15, 0.2) is 0 Å². The molecule has 2 heterocycles. The van der Waals surface area contributed by atoms with Gasteiger partial charge in [-0.05, 0) is 33.3 Å². The molecule has 26 heavy (non-hydrogen) atoms. The van der Waals surface area contributed by atoms with Gasteiger partial charge in [0, 0.05) is 6.04 Å². The Morgan fingerprint density at radius 3 is 2.46 bits per heavy atom. The van der Waals surface area contributed by atoms with E-state index in [4.69, 9.17) is 0 Å². The zero-order valence-electron chi connectivity index (χ0n) is 15.4. The summed E-state index contributed by atoms with van der Waals surface area (Å²) < 4.78 is 2.92. The van der Waals surface area contributed by atoms with Crippen LogP contribution in [-0.2, 0) is 11.3 Å². The molecule has 0 aliphatic heterocycles. The predicted molar refractivity (Wildman–Crippen MR) is 99.9 cm³/mol. The molecule has 3 aromatic rings. The summed E-state index contributed by atoms with van der Waals surface area (Å²) in [6.07, 6.45) is 3.11. The van der Waals surface area contributed by atoms with Gasteiger partial charge in [-0.2, -0.15) is 10.2 Å². The molecule has 2 aromatic heterocycles. The highest BCUT2D eigenvalue weighted by Gasteiger charge is 2.15. The van der Waals surface area contributed by atoms with E-state index in [0.717, 1.165) is 5.56 Å². The maximum atomic E-state index is 12.6. The summed E-state index contributed by atoms with van der Waals surface area (Å²) in [6.45, 7) is 7.77. The molecule has 0 radical (unpaired) electrons. The molecule has 7 nitrogen and oxygen atoms in total. The number of hydrogen-bond donors (Lipinski definition) is 1. The fourth-order valence-electron chi connectivity index (χ4n) is 2.87. The van der Waals surface area contributed by atoms with Crippen LogP contribution in [0.1, 0.15) is 44.0 Å². The number of rotatable bonds is 5. The van der Waals surface area contributed by atoms with Gasteiger partial charge in [-0.1, -0.05) is 29.8 Å². The third kappa shape index (κ3) is 3.51. The van der Waals surface area contributed by atoms with Gasteiger partial charge in [0.05, 0.1) is 29.3 Å². The maximum Gasteiger partial charge on any atom is 0.278 e. The summed E-state index contributed by atoms with van der Waals surface area (Å²) in [5.41, 5.74) is 2.54. The lowest BCUT2D eigenvalue weighted by Crippen LogP contribution is -2.34. The zero-order chi connectivity index (χ0) is 18.8. The molecule has 1 atom stereocenters. The van der Waals surface area contributed by atoms with Crippen molar-refractivity contribution in [2.45, 2.75) is 46.3 Å². The number of amides is 1. The molecule has 0 saturated heterocycles. The fraction of sp³-hybridized carbons (Fsp3) is 0.368. The topological polar surface area (TPSA) is 81.8 Å². The van der Waals surface area contributed by atoms with Crippen molar-refractivity contribution in [2.75, 3.05) is 0 Å². The number of nitrogens with one attached hydrogen (secondary N) is 1. The first-order chi connectivity index (χ1) is 12.4. The molecule has 0 unspecified atom stereocenters. The minimum absolute atomic E-state index is 0.127. The number of aryl methyl sites for hydroxylation is 1. The molecule has 7 heteroatoms. The molecule has 136 valence electrons. The molecule has 1 amide bonds. The van der Waals surface area contributed by atoms with Crippen LogP contribution in [0.5, 0.6) is 0 Å². The normalized spacial score (nSPS) is 12.5. The number of nitrogens with zero attached hydrogens (tertiary/aromatic N) is 4. The van der Waals surface area contributed by atoms with E-state index in [0.29, 0.717) is 10.9 Å². The Bertz CT molecular complexity index is 985. The highest BCUT2D eigenvalue weighted by atomic mass is 16.2. The van der Waals surface area contributed by atoms with Crippen molar-refractivity contribution < 1.29 is 4.79 Å². The van der Waals surface area contributed by atoms with Crippen molar-refractivity contribution in [3.05, 3.63) is 58.1 Å². The number of benzene rings is 1. The number of aromatic nitrogens is 4. The van der Waals surface area contributed by atoms with Gasteiger partial charge in [-0.3, -0.25) is 14.3 Å². The van der Waals surface area contributed by atoms with Crippen LogP contribution >= 0.6 is 0 Å². The van der Waals surface area contributed by atoms with E-state index in [9.17, 15) is 9.59 Å². The van der Waals surface area contributed by atoms with Crippen molar-refractivity contribution in [2.24, 2.45) is 0 Å². The second-order valence-corrected chi connectivity index (χ2v) is 6.79. The fourth-order valence-corrected chi connectivity index (χ4v) is 2.87. The summed E-state index contributed by atoms with van der Waals surface area (Å²) >= 11 is 0. The van der Waals surface area contributed by atoms with E-state index in [1.54, 1.807) is 10.9 Å². The molecule has 0 aliphatic carbocycles. The number of fused-ring (bicyclic) bond motifs is 1. The minimum atomic E-state index is -0.312. The van der Waals surface area contributed by atoms with Crippen molar-refractivity contribution >= 4 is 16.8 Å². The molecule has 1 aromatic carbocycles. The van der Waals surface area contributed by atoms with Crippen LogP contribution in [0.15, 0.2) is 41.5 Å². The van der Waals surface area contributed by atoms with E-state index in [2.05, 4.69) is 15.5 Å². The molecule has 0 saturated carbocycles. The Hall–Kier alpha value is -2.96. The van der Waals surface area contributed by atoms with E-state index in [-0.39, 0.29) is 30.1 Å². The lowest BCUT2D eigenvalue weighted by Gasteiger charge is -2.15. The summed E-state index contributed by atoms with van der Waals surface area (Å²) in [7, 11) is 0. The predicted octanol–water partition coefficient (Wildman–Crippen LogP) is 2.36. The average Bonchev–Trinajstić information content (AvgIpc) is 3.03. The van der Waals surface area contributed by atoms with Crippen LogP contribution in [0, 0.1) is 6.92 Å². The van der Waals surface area contributed by atoms with Gasteiger partial charge in [-0.15, -0.1) is 0 Å². The van der Waals surface area contributed by atoms with Crippen LogP contribution in [0.25, 0.3) is 10.9 Å². The zero-order valence-corrected chi connectivity index (χ0v) is 15.4. The van der Waals surface area contributed by atoms with Crippen LogP contribution in [0.2, 0.25) is 0 Å². The van der Waals surface area contributed by atoms with Gasteiger partial charge in [0.25, 0.3) is 5.56 Å². The SMILES string of the molecule is Cc1ccc([C@H](C)NC(=O)Cn2ncc3c(cnn3C(C)C)c2=O)cc1. The van der Waals surface area contributed by atoms with Crippen molar-refractivity contribution in [3.8, 4) is 0 Å². The average molecular weight is 353 g/mol. The van der Waals surface area contributed by atoms with Crippen LogP contribution in [0.4, 0.5) is 0 Å². The van der Waals surface area contributed by atoms with Gasteiger partial charge in [0.2, 0.25) is 5.91 Å².